The van der Waals surface area contributed by atoms with E-state index in [1.807, 2.05) is 37.3 Å². The molecule has 0 amide bonds. The second kappa shape index (κ2) is 5.43. The van der Waals surface area contributed by atoms with Crippen LogP contribution in [0.3, 0.4) is 0 Å². The van der Waals surface area contributed by atoms with Crippen LogP contribution in [0.4, 0.5) is 11.4 Å². The molecule has 0 saturated heterocycles. The maximum Gasteiger partial charge on any atom is 0.101 e. The van der Waals surface area contributed by atoms with Crippen molar-refractivity contribution in [1.82, 2.24) is 0 Å². The second-order valence-corrected chi connectivity index (χ2v) is 5.23. The highest BCUT2D eigenvalue weighted by Gasteiger charge is 2.06. The zero-order valence-electron chi connectivity index (χ0n) is 9.67. The first kappa shape index (κ1) is 12.9. The van der Waals surface area contributed by atoms with Crippen LogP contribution in [0, 0.1) is 18.3 Å². The predicted molar refractivity (Wildman–Crippen MR) is 78.3 cm³/mol. The molecule has 0 bridgehead atoms. The molecular weight excluding hydrogens is 312 g/mol. The Hall–Kier alpha value is -1.50. The Bertz CT molecular complexity index is 632. The molecule has 0 heterocycles. The van der Waals surface area contributed by atoms with Crippen LogP contribution < -0.4 is 5.32 Å². The number of nitriles is 1. The van der Waals surface area contributed by atoms with Crippen LogP contribution in [-0.2, 0) is 0 Å². The van der Waals surface area contributed by atoms with Gasteiger partial charge >= 0.3 is 0 Å². The quantitative estimate of drug-likeness (QED) is 0.842. The number of hydrogen-bond donors (Lipinski definition) is 1. The van der Waals surface area contributed by atoms with Crippen molar-refractivity contribution in [3.05, 3.63) is 57.0 Å². The highest BCUT2D eigenvalue weighted by atomic mass is 79.9. The fourth-order valence-corrected chi connectivity index (χ4v) is 2.12. The van der Waals surface area contributed by atoms with E-state index in [4.69, 9.17) is 16.9 Å². The SMILES string of the molecule is Cc1ccc(Cl)c(Nc2ccc(Br)cc2C#N)c1. The fourth-order valence-electron chi connectivity index (χ4n) is 1.60. The van der Waals surface area contributed by atoms with Gasteiger partial charge in [-0.15, -0.1) is 0 Å². The number of anilines is 2. The lowest BCUT2D eigenvalue weighted by Crippen LogP contribution is -1.95. The molecule has 0 aliphatic carbocycles. The molecule has 2 aromatic rings. The molecule has 2 rings (SSSR count). The van der Waals surface area contributed by atoms with E-state index in [-0.39, 0.29) is 0 Å². The van der Waals surface area contributed by atoms with Gasteiger partial charge in [-0.05, 0) is 42.8 Å². The van der Waals surface area contributed by atoms with Gasteiger partial charge in [0.05, 0.1) is 22.0 Å². The van der Waals surface area contributed by atoms with Gasteiger partial charge in [0.25, 0.3) is 0 Å². The summed E-state index contributed by atoms with van der Waals surface area (Å²) in [6.07, 6.45) is 0. The van der Waals surface area contributed by atoms with Crippen LogP contribution in [0.25, 0.3) is 0 Å². The van der Waals surface area contributed by atoms with Gasteiger partial charge in [0.15, 0.2) is 0 Å². The third-order valence-electron chi connectivity index (χ3n) is 2.49. The summed E-state index contributed by atoms with van der Waals surface area (Å²) in [6.45, 7) is 1.99. The number of nitrogens with zero attached hydrogens (tertiary/aromatic N) is 1. The summed E-state index contributed by atoms with van der Waals surface area (Å²) in [6, 6.07) is 13.4. The Morgan fingerprint density at radius 3 is 2.67 bits per heavy atom. The molecule has 0 aliphatic heterocycles. The summed E-state index contributed by atoms with van der Waals surface area (Å²) in [5.74, 6) is 0. The van der Waals surface area contributed by atoms with Crippen molar-refractivity contribution >= 4 is 38.9 Å². The highest BCUT2D eigenvalue weighted by Crippen LogP contribution is 2.29. The minimum Gasteiger partial charge on any atom is -0.353 e. The van der Waals surface area contributed by atoms with E-state index in [1.54, 1.807) is 6.07 Å². The van der Waals surface area contributed by atoms with E-state index >= 15 is 0 Å². The maximum atomic E-state index is 9.10. The van der Waals surface area contributed by atoms with Crippen molar-refractivity contribution in [1.29, 1.82) is 5.26 Å². The molecule has 0 spiro atoms. The van der Waals surface area contributed by atoms with Crippen molar-refractivity contribution in [2.24, 2.45) is 0 Å². The molecule has 1 N–H and O–H groups in total. The first-order valence-corrected chi connectivity index (χ1v) is 6.50. The van der Waals surface area contributed by atoms with E-state index in [2.05, 4.69) is 27.3 Å². The Kier molecular flexibility index (Phi) is 3.90. The van der Waals surface area contributed by atoms with E-state index < -0.39 is 0 Å². The van der Waals surface area contributed by atoms with Crippen molar-refractivity contribution in [2.45, 2.75) is 6.92 Å². The van der Waals surface area contributed by atoms with Crippen LogP contribution >= 0.6 is 27.5 Å². The third kappa shape index (κ3) is 2.84. The standard InChI is InChI=1S/C14H10BrClN2/c1-9-2-4-12(16)14(6-9)18-13-5-3-11(15)7-10(13)8-17/h2-7,18H,1H3. The van der Waals surface area contributed by atoms with Gasteiger partial charge in [-0.2, -0.15) is 5.26 Å². The van der Waals surface area contributed by atoms with Gasteiger partial charge in [0.1, 0.15) is 6.07 Å². The molecule has 2 nitrogen and oxygen atoms in total. The monoisotopic (exact) mass is 320 g/mol. The minimum atomic E-state index is 0.571. The van der Waals surface area contributed by atoms with Gasteiger partial charge in [-0.1, -0.05) is 33.6 Å². The van der Waals surface area contributed by atoms with Crippen LogP contribution in [0.5, 0.6) is 0 Å². The molecule has 0 fully saturated rings. The minimum absolute atomic E-state index is 0.571. The molecule has 0 atom stereocenters. The topological polar surface area (TPSA) is 35.8 Å². The Labute approximate surface area is 119 Å². The van der Waals surface area contributed by atoms with Gasteiger partial charge in [-0.25, -0.2) is 0 Å². The number of nitrogens with one attached hydrogen (secondary N) is 1. The lowest BCUT2D eigenvalue weighted by atomic mass is 10.1. The van der Waals surface area contributed by atoms with E-state index in [1.165, 1.54) is 0 Å². The van der Waals surface area contributed by atoms with Crippen LogP contribution in [0.2, 0.25) is 5.02 Å². The van der Waals surface area contributed by atoms with E-state index in [0.29, 0.717) is 10.6 Å². The smallest absolute Gasteiger partial charge is 0.101 e. The molecule has 0 radical (unpaired) electrons. The summed E-state index contributed by atoms with van der Waals surface area (Å²) >= 11 is 9.46. The van der Waals surface area contributed by atoms with Crippen LogP contribution in [0.15, 0.2) is 40.9 Å². The van der Waals surface area contributed by atoms with Crippen molar-refractivity contribution in [3.8, 4) is 6.07 Å². The van der Waals surface area contributed by atoms with Gasteiger partial charge in [0.2, 0.25) is 0 Å². The molecule has 0 unspecified atom stereocenters. The van der Waals surface area contributed by atoms with Gasteiger partial charge in [0, 0.05) is 4.47 Å². The molecule has 0 aliphatic rings. The summed E-state index contributed by atoms with van der Waals surface area (Å²) < 4.78 is 0.875. The zero-order chi connectivity index (χ0) is 13.1. The predicted octanol–water partition coefficient (Wildman–Crippen LogP) is 5.03. The number of hydrogen-bond acceptors (Lipinski definition) is 2. The first-order valence-electron chi connectivity index (χ1n) is 5.33. The van der Waals surface area contributed by atoms with Gasteiger partial charge < -0.3 is 5.32 Å². The first-order chi connectivity index (χ1) is 8.60. The average molecular weight is 322 g/mol. The molecular formula is C14H10BrClN2. The molecule has 0 aromatic heterocycles. The van der Waals surface area contributed by atoms with Gasteiger partial charge in [-0.3, -0.25) is 0 Å². The second-order valence-electron chi connectivity index (χ2n) is 3.91. The molecule has 90 valence electrons. The third-order valence-corrected chi connectivity index (χ3v) is 3.32. The Balaban J connectivity index is 2.40. The average Bonchev–Trinajstić information content (AvgIpc) is 2.36. The number of rotatable bonds is 2. The van der Waals surface area contributed by atoms with E-state index in [0.717, 1.165) is 21.4 Å². The Morgan fingerprint density at radius 1 is 1.17 bits per heavy atom. The van der Waals surface area contributed by atoms with Crippen molar-refractivity contribution in [3.63, 3.8) is 0 Å². The lowest BCUT2D eigenvalue weighted by Gasteiger charge is -2.11. The van der Waals surface area contributed by atoms with Crippen molar-refractivity contribution < 1.29 is 0 Å². The number of halogens is 2. The highest BCUT2D eigenvalue weighted by molar-refractivity contribution is 9.10. The summed E-state index contributed by atoms with van der Waals surface area (Å²) in [5, 5.41) is 12.9. The van der Waals surface area contributed by atoms with Crippen LogP contribution in [-0.4, -0.2) is 0 Å². The molecule has 0 saturated carbocycles. The molecule has 2 aromatic carbocycles. The summed E-state index contributed by atoms with van der Waals surface area (Å²) in [4.78, 5) is 0. The maximum absolute atomic E-state index is 9.10. The molecule has 4 heteroatoms. The van der Waals surface area contributed by atoms with Crippen molar-refractivity contribution in [2.75, 3.05) is 5.32 Å². The van der Waals surface area contributed by atoms with Crippen LogP contribution in [0.1, 0.15) is 11.1 Å². The molecule has 18 heavy (non-hydrogen) atoms. The number of aryl methyl sites for hydroxylation is 1. The van der Waals surface area contributed by atoms with E-state index in [9.17, 15) is 0 Å². The summed E-state index contributed by atoms with van der Waals surface area (Å²) in [7, 11) is 0. The lowest BCUT2D eigenvalue weighted by molar-refractivity contribution is 1.42. The summed E-state index contributed by atoms with van der Waals surface area (Å²) in [5.41, 5.74) is 3.23. The fraction of sp³-hybridized carbons (Fsp3) is 0.0714. The zero-order valence-corrected chi connectivity index (χ0v) is 12.0. The number of benzene rings is 2. The largest absolute Gasteiger partial charge is 0.353 e. The Morgan fingerprint density at radius 2 is 1.94 bits per heavy atom. The normalized spacial score (nSPS) is 9.89.